The van der Waals surface area contributed by atoms with Crippen LogP contribution in [0.5, 0.6) is 0 Å². The van der Waals surface area contributed by atoms with Crippen LogP contribution in [-0.4, -0.2) is 75.0 Å². The molecule has 2 fully saturated rings. The maximum Gasteiger partial charge on any atom is 0.265 e. The van der Waals surface area contributed by atoms with Crippen molar-refractivity contribution in [1.82, 2.24) is 19.8 Å². The third kappa shape index (κ3) is 5.60. The molecule has 0 saturated carbocycles. The number of nitrogens with two attached hydrogens (primary N) is 1. The van der Waals surface area contributed by atoms with Crippen molar-refractivity contribution in [1.29, 1.82) is 0 Å². The number of likely N-dealkylation sites (tertiary alicyclic amines) is 2. The van der Waals surface area contributed by atoms with Crippen molar-refractivity contribution in [3.8, 4) is 0 Å². The van der Waals surface area contributed by atoms with E-state index in [0.29, 0.717) is 17.5 Å². The maximum atomic E-state index is 13.5. The van der Waals surface area contributed by atoms with Crippen molar-refractivity contribution in [2.24, 2.45) is 5.73 Å². The molecule has 2 amide bonds. The molecular formula is C18H25F2N5O2S. The molecule has 3 heterocycles. The summed E-state index contributed by atoms with van der Waals surface area (Å²) in [5, 5.41) is 0.669. The lowest BCUT2D eigenvalue weighted by molar-refractivity contribution is -0.148. The predicted octanol–water partition coefficient (Wildman–Crippen LogP) is 1.53. The topological polar surface area (TPSA) is 92.4 Å². The van der Waals surface area contributed by atoms with Gasteiger partial charge in [-0.1, -0.05) is 11.8 Å². The van der Waals surface area contributed by atoms with Crippen molar-refractivity contribution in [2.75, 3.05) is 25.4 Å². The first kappa shape index (κ1) is 20.9. The zero-order valence-corrected chi connectivity index (χ0v) is 16.4. The Morgan fingerprint density at radius 2 is 2.14 bits per heavy atom. The molecule has 0 unspecified atom stereocenters. The largest absolute Gasteiger partial charge is 0.339 e. The Morgan fingerprint density at radius 3 is 2.89 bits per heavy atom. The van der Waals surface area contributed by atoms with E-state index in [1.54, 1.807) is 18.5 Å². The second kappa shape index (κ2) is 9.13. The van der Waals surface area contributed by atoms with Crippen molar-refractivity contribution in [2.45, 2.75) is 55.3 Å². The Kier molecular flexibility index (Phi) is 6.82. The Hall–Kier alpha value is -1.81. The average molecular weight is 413 g/mol. The van der Waals surface area contributed by atoms with Crippen LogP contribution in [0, 0.1) is 0 Å². The second-order valence-corrected chi connectivity index (χ2v) is 8.31. The van der Waals surface area contributed by atoms with Gasteiger partial charge in [0, 0.05) is 62.6 Å². The van der Waals surface area contributed by atoms with Crippen LogP contribution in [-0.2, 0) is 9.59 Å². The Balaban J connectivity index is 1.49. The fourth-order valence-electron chi connectivity index (χ4n) is 3.62. The number of aromatic nitrogens is 2. The van der Waals surface area contributed by atoms with E-state index in [0.717, 1.165) is 17.7 Å². The van der Waals surface area contributed by atoms with Gasteiger partial charge in [-0.05, 0) is 18.9 Å². The number of piperidine rings is 1. The van der Waals surface area contributed by atoms with E-state index in [1.807, 2.05) is 4.90 Å². The number of nitrogens with zero attached hydrogens (tertiary/aromatic N) is 4. The zero-order chi connectivity index (χ0) is 20.1. The molecule has 1 aromatic heterocycles. The summed E-state index contributed by atoms with van der Waals surface area (Å²) in [4.78, 5) is 35.8. The van der Waals surface area contributed by atoms with Crippen molar-refractivity contribution in [3.63, 3.8) is 0 Å². The first-order valence-electron chi connectivity index (χ1n) is 9.44. The lowest BCUT2D eigenvalue weighted by Gasteiger charge is -2.34. The van der Waals surface area contributed by atoms with E-state index in [2.05, 4.69) is 9.97 Å². The van der Waals surface area contributed by atoms with Gasteiger partial charge < -0.3 is 15.5 Å². The number of carbonyl (C=O) groups is 2. The highest BCUT2D eigenvalue weighted by Gasteiger charge is 2.39. The van der Waals surface area contributed by atoms with Crippen LogP contribution < -0.4 is 5.73 Å². The summed E-state index contributed by atoms with van der Waals surface area (Å²) < 4.78 is 27.1. The smallest absolute Gasteiger partial charge is 0.265 e. The molecular weight excluding hydrogens is 388 g/mol. The maximum absolute atomic E-state index is 13.5. The lowest BCUT2D eigenvalue weighted by atomic mass is 10.0. The van der Waals surface area contributed by atoms with Crippen LogP contribution in [0.3, 0.4) is 0 Å². The molecule has 0 bridgehead atoms. The summed E-state index contributed by atoms with van der Waals surface area (Å²) in [7, 11) is 0. The third-order valence-corrected chi connectivity index (χ3v) is 6.04. The number of carbonyl (C=O) groups excluding carboxylic acids is 2. The molecule has 0 spiro atoms. The predicted molar refractivity (Wildman–Crippen MR) is 101 cm³/mol. The van der Waals surface area contributed by atoms with Crippen LogP contribution in [0.1, 0.15) is 32.1 Å². The molecule has 2 aliphatic heterocycles. The Bertz CT molecular complexity index is 694. The number of rotatable bonds is 7. The van der Waals surface area contributed by atoms with Gasteiger partial charge in [-0.25, -0.2) is 18.7 Å². The van der Waals surface area contributed by atoms with Gasteiger partial charge in [-0.3, -0.25) is 9.59 Å². The number of alkyl halides is 2. The molecule has 2 atom stereocenters. The number of amides is 2. The van der Waals surface area contributed by atoms with Gasteiger partial charge in [-0.15, -0.1) is 0 Å². The van der Waals surface area contributed by atoms with Crippen molar-refractivity contribution < 1.29 is 18.4 Å². The summed E-state index contributed by atoms with van der Waals surface area (Å²) >= 11 is 1.50. The average Bonchev–Trinajstić information content (AvgIpc) is 3.12. The van der Waals surface area contributed by atoms with Gasteiger partial charge in [-0.2, -0.15) is 0 Å². The third-order valence-electron chi connectivity index (χ3n) is 5.02. The minimum absolute atomic E-state index is 0.0225. The molecule has 154 valence electrons. The van der Waals surface area contributed by atoms with E-state index in [9.17, 15) is 18.4 Å². The van der Waals surface area contributed by atoms with E-state index >= 15 is 0 Å². The molecule has 2 N–H and O–H groups in total. The van der Waals surface area contributed by atoms with Gasteiger partial charge in [0.2, 0.25) is 11.8 Å². The van der Waals surface area contributed by atoms with Gasteiger partial charge in [0.25, 0.3) is 5.92 Å². The Labute approximate surface area is 167 Å². The molecule has 3 rings (SSSR count). The molecule has 28 heavy (non-hydrogen) atoms. The number of halogens is 2. The van der Waals surface area contributed by atoms with Crippen LogP contribution in [0.15, 0.2) is 23.6 Å². The standard InChI is InChI=1S/C18H25F2N5O2S/c19-18(20)5-4-15(26)24(12-18)10-13(21)9-16(27)25-8-1-3-14(25)11-28-17-22-6-2-7-23-17/h2,6-7,13-14H,1,3-5,8-12,21H2/t13-,14+/m1/s1. The van der Waals surface area contributed by atoms with Crippen LogP contribution in [0.2, 0.25) is 0 Å². The van der Waals surface area contributed by atoms with Crippen molar-refractivity contribution >= 4 is 23.6 Å². The summed E-state index contributed by atoms with van der Waals surface area (Å²) in [6.07, 6.45) is 4.61. The van der Waals surface area contributed by atoms with Crippen LogP contribution in [0.25, 0.3) is 0 Å². The number of thioether (sulfide) groups is 1. The van der Waals surface area contributed by atoms with Crippen molar-refractivity contribution in [3.05, 3.63) is 18.5 Å². The quantitative estimate of drug-likeness (QED) is 0.538. The van der Waals surface area contributed by atoms with E-state index in [4.69, 9.17) is 5.73 Å². The second-order valence-electron chi connectivity index (χ2n) is 7.32. The molecule has 2 aliphatic rings. The van der Waals surface area contributed by atoms with E-state index in [-0.39, 0.29) is 37.2 Å². The minimum atomic E-state index is -2.88. The molecule has 7 nitrogen and oxygen atoms in total. The lowest BCUT2D eigenvalue weighted by Crippen LogP contribution is -2.51. The van der Waals surface area contributed by atoms with E-state index in [1.165, 1.54) is 11.8 Å². The first-order valence-corrected chi connectivity index (χ1v) is 10.4. The molecule has 10 heteroatoms. The first-order chi connectivity index (χ1) is 13.3. The summed E-state index contributed by atoms with van der Waals surface area (Å²) in [5.74, 6) is -2.61. The highest BCUT2D eigenvalue weighted by molar-refractivity contribution is 7.99. The molecule has 0 aliphatic carbocycles. The fraction of sp³-hybridized carbons (Fsp3) is 0.667. The minimum Gasteiger partial charge on any atom is -0.339 e. The SMILES string of the molecule is N[C@H](CC(=O)N1CCC[C@H]1CSc1ncccn1)CN1CC(F)(F)CCC1=O. The van der Waals surface area contributed by atoms with E-state index < -0.39 is 24.9 Å². The molecule has 0 radical (unpaired) electrons. The summed E-state index contributed by atoms with van der Waals surface area (Å²) in [6.45, 7) is 0.0200. The Morgan fingerprint density at radius 1 is 1.39 bits per heavy atom. The number of hydrogen-bond acceptors (Lipinski definition) is 6. The molecule has 0 aromatic carbocycles. The highest BCUT2D eigenvalue weighted by Crippen LogP contribution is 2.28. The normalized spacial score (nSPS) is 23.1. The summed E-state index contributed by atoms with van der Waals surface area (Å²) in [5.41, 5.74) is 6.02. The molecule has 1 aromatic rings. The highest BCUT2D eigenvalue weighted by atomic mass is 32.2. The van der Waals surface area contributed by atoms with Crippen LogP contribution >= 0.6 is 11.8 Å². The molecule has 2 saturated heterocycles. The monoisotopic (exact) mass is 413 g/mol. The van der Waals surface area contributed by atoms with Gasteiger partial charge >= 0.3 is 0 Å². The summed E-state index contributed by atoms with van der Waals surface area (Å²) in [6, 6.07) is 1.17. The zero-order valence-electron chi connectivity index (χ0n) is 15.6. The number of hydrogen-bond donors (Lipinski definition) is 1. The van der Waals surface area contributed by atoms with Crippen LogP contribution in [0.4, 0.5) is 8.78 Å². The fourth-order valence-corrected chi connectivity index (χ4v) is 4.58. The van der Waals surface area contributed by atoms with Gasteiger partial charge in [0.15, 0.2) is 5.16 Å². The van der Waals surface area contributed by atoms with Gasteiger partial charge in [0.1, 0.15) is 0 Å². The van der Waals surface area contributed by atoms with Gasteiger partial charge in [0.05, 0.1) is 6.54 Å².